The highest BCUT2D eigenvalue weighted by Crippen LogP contribution is 2.26. The van der Waals surface area contributed by atoms with Crippen LogP contribution in [0, 0.1) is 12.8 Å². The van der Waals surface area contributed by atoms with Crippen molar-refractivity contribution in [1.29, 1.82) is 0 Å². The first-order valence-corrected chi connectivity index (χ1v) is 7.80. The first-order chi connectivity index (χ1) is 10.1. The van der Waals surface area contributed by atoms with Crippen molar-refractivity contribution in [2.75, 3.05) is 6.61 Å². The Hall–Kier alpha value is -1.55. The molecule has 0 heterocycles. The summed E-state index contributed by atoms with van der Waals surface area (Å²) >= 11 is 0. The monoisotopic (exact) mass is 291 g/mol. The summed E-state index contributed by atoms with van der Waals surface area (Å²) in [4.78, 5) is 12.1. The minimum Gasteiger partial charge on any atom is -0.493 e. The molecule has 0 saturated heterocycles. The lowest BCUT2D eigenvalue weighted by atomic mass is 10.0. The van der Waals surface area contributed by atoms with Crippen LogP contribution < -0.4 is 10.1 Å². The summed E-state index contributed by atoms with van der Waals surface area (Å²) < 4.78 is 5.75. The molecule has 21 heavy (non-hydrogen) atoms. The summed E-state index contributed by atoms with van der Waals surface area (Å²) in [6.07, 6.45) is 2.90. The predicted molar refractivity (Wildman–Crippen MR) is 82.2 cm³/mol. The SMILES string of the molecule is CCCOc1cc(C)ccc1CNC(=O)C1CCCC1O. The average Bonchev–Trinajstić information content (AvgIpc) is 2.90. The zero-order chi connectivity index (χ0) is 15.2. The van der Waals surface area contributed by atoms with E-state index < -0.39 is 6.10 Å². The number of carbonyl (C=O) groups is 1. The molecule has 2 N–H and O–H groups in total. The van der Waals surface area contributed by atoms with Gasteiger partial charge in [-0.3, -0.25) is 4.79 Å². The molecular weight excluding hydrogens is 266 g/mol. The van der Waals surface area contributed by atoms with Gasteiger partial charge in [0.1, 0.15) is 5.75 Å². The highest BCUT2D eigenvalue weighted by molar-refractivity contribution is 5.79. The Balaban J connectivity index is 1.97. The summed E-state index contributed by atoms with van der Waals surface area (Å²) in [6, 6.07) is 6.01. The van der Waals surface area contributed by atoms with E-state index in [4.69, 9.17) is 4.74 Å². The second-order valence-corrected chi connectivity index (χ2v) is 5.78. The topological polar surface area (TPSA) is 58.6 Å². The molecule has 0 radical (unpaired) electrons. The van der Waals surface area contributed by atoms with Gasteiger partial charge in [-0.25, -0.2) is 0 Å². The van der Waals surface area contributed by atoms with E-state index in [9.17, 15) is 9.90 Å². The van der Waals surface area contributed by atoms with Gasteiger partial charge in [-0.05, 0) is 44.2 Å². The molecule has 1 aliphatic carbocycles. The highest BCUT2D eigenvalue weighted by Gasteiger charge is 2.31. The van der Waals surface area contributed by atoms with Gasteiger partial charge in [0.25, 0.3) is 0 Å². The van der Waals surface area contributed by atoms with E-state index in [1.807, 2.05) is 25.1 Å². The van der Waals surface area contributed by atoms with Crippen LogP contribution in [0.25, 0.3) is 0 Å². The van der Waals surface area contributed by atoms with Gasteiger partial charge in [-0.15, -0.1) is 0 Å². The van der Waals surface area contributed by atoms with Gasteiger partial charge in [0.15, 0.2) is 0 Å². The van der Waals surface area contributed by atoms with Crippen LogP contribution in [0.15, 0.2) is 18.2 Å². The van der Waals surface area contributed by atoms with Gasteiger partial charge >= 0.3 is 0 Å². The number of ether oxygens (including phenoxy) is 1. The molecule has 4 nitrogen and oxygen atoms in total. The lowest BCUT2D eigenvalue weighted by Crippen LogP contribution is -2.34. The molecule has 1 aliphatic rings. The van der Waals surface area contributed by atoms with Crippen LogP contribution in [0.4, 0.5) is 0 Å². The van der Waals surface area contributed by atoms with E-state index in [-0.39, 0.29) is 11.8 Å². The fraction of sp³-hybridized carbons (Fsp3) is 0.588. The van der Waals surface area contributed by atoms with E-state index in [0.29, 0.717) is 13.2 Å². The summed E-state index contributed by atoms with van der Waals surface area (Å²) in [5.74, 6) is 0.529. The molecule has 2 atom stereocenters. The number of aryl methyl sites for hydroxylation is 1. The largest absolute Gasteiger partial charge is 0.493 e. The Morgan fingerprint density at radius 2 is 2.24 bits per heavy atom. The van der Waals surface area contributed by atoms with Crippen LogP contribution in [0.1, 0.15) is 43.7 Å². The van der Waals surface area contributed by atoms with Crippen LogP contribution in [-0.2, 0) is 11.3 Å². The van der Waals surface area contributed by atoms with Crippen LogP contribution in [0.2, 0.25) is 0 Å². The molecule has 1 saturated carbocycles. The number of benzene rings is 1. The van der Waals surface area contributed by atoms with Crippen molar-refractivity contribution >= 4 is 5.91 Å². The number of amides is 1. The van der Waals surface area contributed by atoms with Crippen molar-refractivity contribution < 1.29 is 14.6 Å². The smallest absolute Gasteiger partial charge is 0.225 e. The average molecular weight is 291 g/mol. The molecular formula is C17H25NO3. The van der Waals surface area contributed by atoms with Crippen molar-refractivity contribution in [3.63, 3.8) is 0 Å². The molecule has 0 aromatic heterocycles. The Kier molecular flexibility index (Phi) is 5.62. The first kappa shape index (κ1) is 15.8. The zero-order valence-corrected chi connectivity index (χ0v) is 12.9. The van der Waals surface area contributed by atoms with Crippen molar-refractivity contribution in [1.82, 2.24) is 5.32 Å². The summed E-state index contributed by atoms with van der Waals surface area (Å²) in [6.45, 7) is 5.21. The molecule has 2 rings (SSSR count). The van der Waals surface area contributed by atoms with E-state index in [1.165, 1.54) is 0 Å². The molecule has 0 spiro atoms. The molecule has 0 bridgehead atoms. The number of carbonyl (C=O) groups excluding carboxylic acids is 1. The van der Waals surface area contributed by atoms with Gasteiger partial charge in [-0.2, -0.15) is 0 Å². The minimum absolute atomic E-state index is 0.0537. The van der Waals surface area contributed by atoms with Gasteiger partial charge in [0.2, 0.25) is 5.91 Å². The quantitative estimate of drug-likeness (QED) is 0.847. The number of aliphatic hydroxyl groups is 1. The molecule has 2 unspecified atom stereocenters. The Morgan fingerprint density at radius 1 is 1.43 bits per heavy atom. The van der Waals surface area contributed by atoms with Crippen LogP contribution in [0.5, 0.6) is 5.75 Å². The van der Waals surface area contributed by atoms with E-state index >= 15 is 0 Å². The van der Waals surface area contributed by atoms with Crippen molar-refractivity contribution in [3.8, 4) is 5.75 Å². The first-order valence-electron chi connectivity index (χ1n) is 7.80. The molecule has 116 valence electrons. The van der Waals surface area contributed by atoms with Crippen LogP contribution in [-0.4, -0.2) is 23.7 Å². The maximum atomic E-state index is 12.1. The number of hydrogen-bond acceptors (Lipinski definition) is 3. The van der Waals surface area contributed by atoms with Crippen molar-refractivity contribution in [3.05, 3.63) is 29.3 Å². The zero-order valence-electron chi connectivity index (χ0n) is 12.9. The maximum absolute atomic E-state index is 12.1. The highest BCUT2D eigenvalue weighted by atomic mass is 16.5. The summed E-state index contributed by atoms with van der Waals surface area (Å²) in [7, 11) is 0. The van der Waals surface area contributed by atoms with Gasteiger partial charge in [-0.1, -0.05) is 19.1 Å². The van der Waals surface area contributed by atoms with Crippen molar-refractivity contribution in [2.24, 2.45) is 5.92 Å². The molecule has 1 amide bonds. The number of hydrogen-bond donors (Lipinski definition) is 2. The number of aliphatic hydroxyl groups excluding tert-OH is 1. The Morgan fingerprint density at radius 3 is 2.90 bits per heavy atom. The van der Waals surface area contributed by atoms with E-state index in [1.54, 1.807) is 0 Å². The molecule has 1 fully saturated rings. The van der Waals surface area contributed by atoms with Crippen LogP contribution >= 0.6 is 0 Å². The standard InChI is InChI=1S/C17H25NO3/c1-3-9-21-16-10-12(2)7-8-13(16)11-18-17(20)14-5-4-6-15(14)19/h7-8,10,14-15,19H,3-6,9,11H2,1-2H3,(H,18,20). The second kappa shape index (κ2) is 7.46. The summed E-state index contributed by atoms with van der Waals surface area (Å²) in [5.41, 5.74) is 2.12. The van der Waals surface area contributed by atoms with Crippen LogP contribution in [0.3, 0.4) is 0 Å². The fourth-order valence-corrected chi connectivity index (χ4v) is 2.71. The number of nitrogens with one attached hydrogen (secondary N) is 1. The van der Waals surface area contributed by atoms with Gasteiger partial charge < -0.3 is 15.2 Å². The normalized spacial score (nSPS) is 21.3. The number of rotatable bonds is 6. The lowest BCUT2D eigenvalue weighted by Gasteiger charge is -2.16. The Labute approximate surface area is 126 Å². The van der Waals surface area contributed by atoms with Gasteiger partial charge in [0, 0.05) is 12.1 Å². The third kappa shape index (κ3) is 4.21. The van der Waals surface area contributed by atoms with E-state index in [0.717, 1.165) is 42.6 Å². The third-order valence-corrected chi connectivity index (χ3v) is 3.95. The maximum Gasteiger partial charge on any atom is 0.225 e. The molecule has 1 aromatic rings. The van der Waals surface area contributed by atoms with Crippen molar-refractivity contribution in [2.45, 2.75) is 52.2 Å². The minimum atomic E-state index is -0.487. The third-order valence-electron chi connectivity index (χ3n) is 3.95. The Bertz CT molecular complexity index is 487. The molecule has 4 heteroatoms. The predicted octanol–water partition coefficient (Wildman–Crippen LogP) is 2.56. The van der Waals surface area contributed by atoms with Gasteiger partial charge in [0.05, 0.1) is 18.6 Å². The molecule has 0 aliphatic heterocycles. The van der Waals surface area contributed by atoms with E-state index in [2.05, 4.69) is 12.2 Å². The molecule has 1 aromatic carbocycles. The fourth-order valence-electron chi connectivity index (χ4n) is 2.71. The lowest BCUT2D eigenvalue weighted by molar-refractivity contribution is -0.127. The second-order valence-electron chi connectivity index (χ2n) is 5.78. The summed E-state index contributed by atoms with van der Waals surface area (Å²) in [5, 5.41) is 12.7.